The summed E-state index contributed by atoms with van der Waals surface area (Å²) in [5.74, 6) is 0.724. The minimum absolute atomic E-state index is 0.608. The van der Waals surface area contributed by atoms with E-state index in [2.05, 4.69) is 12.2 Å². The molecule has 0 saturated carbocycles. The van der Waals surface area contributed by atoms with Gasteiger partial charge in [0.05, 0.1) is 0 Å². The number of piperidine rings is 1. The molecule has 0 radical (unpaired) electrons. The highest BCUT2D eigenvalue weighted by Crippen LogP contribution is 2.24. The molecule has 2 aliphatic rings. The number of hydrogen-bond donors (Lipinski definition) is 1. The normalized spacial score (nSPS) is 25.3. The Balaban J connectivity index is 1.92. The van der Waals surface area contributed by atoms with Gasteiger partial charge in [0.1, 0.15) is 0 Å². The molecule has 19 heavy (non-hydrogen) atoms. The second-order valence-corrected chi connectivity index (χ2v) is 7.57. The highest BCUT2D eigenvalue weighted by Gasteiger charge is 2.32. The van der Waals surface area contributed by atoms with Crippen molar-refractivity contribution in [3.05, 3.63) is 0 Å². The first-order valence-corrected chi connectivity index (χ1v) is 9.00. The topological polar surface area (TPSA) is 52.7 Å². The Hall–Kier alpha value is -0.170. The summed E-state index contributed by atoms with van der Waals surface area (Å²) in [6.45, 7) is 6.57. The van der Waals surface area contributed by atoms with Crippen LogP contribution in [0.4, 0.5) is 0 Å². The van der Waals surface area contributed by atoms with Crippen molar-refractivity contribution in [1.29, 1.82) is 0 Å². The number of nitrogens with one attached hydrogen (secondary N) is 1. The molecule has 2 aliphatic heterocycles. The minimum atomic E-state index is -3.22. The maximum atomic E-state index is 12.6. The molecule has 2 saturated heterocycles. The Labute approximate surface area is 117 Å². The molecule has 5 nitrogen and oxygen atoms in total. The van der Waals surface area contributed by atoms with E-state index >= 15 is 0 Å². The van der Waals surface area contributed by atoms with Gasteiger partial charge in [-0.1, -0.05) is 19.8 Å². The molecular formula is C13H27N3O2S. The molecule has 2 heterocycles. The first-order valence-electron chi connectivity index (χ1n) is 7.60. The lowest BCUT2D eigenvalue weighted by atomic mass is 9.94. The number of hydrogen-bond acceptors (Lipinski definition) is 3. The third-order valence-corrected chi connectivity index (χ3v) is 6.26. The van der Waals surface area contributed by atoms with Gasteiger partial charge in [-0.3, -0.25) is 0 Å². The Morgan fingerprint density at radius 1 is 1.05 bits per heavy atom. The molecule has 2 rings (SSSR count). The quantitative estimate of drug-likeness (QED) is 0.841. The maximum Gasteiger partial charge on any atom is 0.282 e. The number of rotatable bonds is 4. The summed E-state index contributed by atoms with van der Waals surface area (Å²) in [6.07, 6.45) is 5.40. The summed E-state index contributed by atoms with van der Waals surface area (Å²) < 4.78 is 28.5. The van der Waals surface area contributed by atoms with Crippen LogP contribution in [0.2, 0.25) is 0 Å². The lowest BCUT2D eigenvalue weighted by molar-refractivity contribution is 0.246. The van der Waals surface area contributed by atoms with E-state index in [1.54, 1.807) is 8.61 Å². The van der Waals surface area contributed by atoms with Crippen molar-refractivity contribution in [3.8, 4) is 0 Å². The second-order valence-electron chi connectivity index (χ2n) is 5.64. The van der Waals surface area contributed by atoms with Crippen LogP contribution >= 0.6 is 0 Å². The van der Waals surface area contributed by atoms with E-state index in [9.17, 15) is 8.42 Å². The standard InChI is InChI=1S/C13H27N3O2S/c1-2-4-13-5-10-16(11-6-13)19(17,18)15-9-3-7-14-8-12-15/h13-14H,2-12H2,1H3. The van der Waals surface area contributed by atoms with Crippen LogP contribution in [0.5, 0.6) is 0 Å². The Morgan fingerprint density at radius 2 is 1.74 bits per heavy atom. The summed E-state index contributed by atoms with van der Waals surface area (Å²) in [6, 6.07) is 0. The molecule has 0 unspecified atom stereocenters. The van der Waals surface area contributed by atoms with Gasteiger partial charge < -0.3 is 5.32 Å². The van der Waals surface area contributed by atoms with Crippen LogP contribution in [0.15, 0.2) is 0 Å². The molecule has 0 aromatic rings. The van der Waals surface area contributed by atoms with Gasteiger partial charge in [-0.05, 0) is 31.7 Å². The van der Waals surface area contributed by atoms with E-state index in [0.29, 0.717) is 26.2 Å². The molecule has 0 aromatic carbocycles. The molecule has 0 aliphatic carbocycles. The first kappa shape index (κ1) is 15.2. The van der Waals surface area contributed by atoms with Crippen LogP contribution in [-0.2, 0) is 10.2 Å². The largest absolute Gasteiger partial charge is 0.315 e. The SMILES string of the molecule is CCCC1CCN(S(=O)(=O)N2CCCNCC2)CC1. The van der Waals surface area contributed by atoms with E-state index < -0.39 is 10.2 Å². The van der Waals surface area contributed by atoms with Crippen LogP contribution in [-0.4, -0.2) is 56.3 Å². The Morgan fingerprint density at radius 3 is 2.42 bits per heavy atom. The molecule has 1 N–H and O–H groups in total. The van der Waals surface area contributed by atoms with Gasteiger partial charge in [-0.25, -0.2) is 0 Å². The second kappa shape index (κ2) is 7.02. The van der Waals surface area contributed by atoms with Crippen LogP contribution in [0, 0.1) is 5.92 Å². The average Bonchev–Trinajstić information content (AvgIpc) is 2.69. The monoisotopic (exact) mass is 289 g/mol. The molecule has 112 valence electrons. The molecular weight excluding hydrogens is 262 g/mol. The van der Waals surface area contributed by atoms with Crippen molar-refractivity contribution < 1.29 is 8.42 Å². The number of nitrogens with zero attached hydrogens (tertiary/aromatic N) is 2. The summed E-state index contributed by atoms with van der Waals surface area (Å²) >= 11 is 0. The zero-order valence-electron chi connectivity index (χ0n) is 12.0. The third kappa shape index (κ3) is 3.90. The predicted octanol–water partition coefficient (Wildman–Crippen LogP) is 1.04. The predicted molar refractivity (Wildman–Crippen MR) is 77.2 cm³/mol. The van der Waals surface area contributed by atoms with Gasteiger partial charge in [0, 0.05) is 32.7 Å². The summed E-state index contributed by atoms with van der Waals surface area (Å²) in [4.78, 5) is 0. The molecule has 0 amide bonds. The van der Waals surface area contributed by atoms with Crippen molar-refractivity contribution >= 4 is 10.2 Å². The van der Waals surface area contributed by atoms with Gasteiger partial charge in [0.2, 0.25) is 0 Å². The van der Waals surface area contributed by atoms with Gasteiger partial charge in [0.15, 0.2) is 0 Å². The third-order valence-electron chi connectivity index (χ3n) is 4.22. The summed E-state index contributed by atoms with van der Waals surface area (Å²) in [5, 5.41) is 3.25. The van der Waals surface area contributed by atoms with Crippen LogP contribution in [0.25, 0.3) is 0 Å². The highest BCUT2D eigenvalue weighted by molar-refractivity contribution is 7.86. The van der Waals surface area contributed by atoms with Crippen LogP contribution < -0.4 is 5.32 Å². The smallest absolute Gasteiger partial charge is 0.282 e. The van der Waals surface area contributed by atoms with Crippen molar-refractivity contribution in [3.63, 3.8) is 0 Å². The van der Waals surface area contributed by atoms with Crippen molar-refractivity contribution in [2.45, 2.75) is 39.0 Å². The fourth-order valence-corrected chi connectivity index (χ4v) is 4.73. The molecule has 0 atom stereocenters. The average molecular weight is 289 g/mol. The van der Waals surface area contributed by atoms with E-state index in [0.717, 1.165) is 38.3 Å². The fourth-order valence-electron chi connectivity index (χ4n) is 3.05. The zero-order chi connectivity index (χ0) is 13.7. The van der Waals surface area contributed by atoms with Crippen molar-refractivity contribution in [1.82, 2.24) is 13.9 Å². The van der Waals surface area contributed by atoms with Crippen LogP contribution in [0.1, 0.15) is 39.0 Å². The van der Waals surface area contributed by atoms with E-state index in [-0.39, 0.29) is 0 Å². The van der Waals surface area contributed by atoms with Gasteiger partial charge in [0.25, 0.3) is 10.2 Å². The maximum absolute atomic E-state index is 12.6. The Bertz CT molecular complexity index is 356. The lowest BCUT2D eigenvalue weighted by Crippen LogP contribution is -2.48. The molecule has 2 fully saturated rings. The Kier molecular flexibility index (Phi) is 5.62. The highest BCUT2D eigenvalue weighted by atomic mass is 32.2. The van der Waals surface area contributed by atoms with Crippen molar-refractivity contribution in [2.24, 2.45) is 5.92 Å². The van der Waals surface area contributed by atoms with Gasteiger partial charge >= 0.3 is 0 Å². The van der Waals surface area contributed by atoms with E-state index in [4.69, 9.17) is 0 Å². The van der Waals surface area contributed by atoms with Gasteiger partial charge in [-0.2, -0.15) is 17.0 Å². The first-order chi connectivity index (χ1) is 9.14. The van der Waals surface area contributed by atoms with E-state index in [1.165, 1.54) is 12.8 Å². The lowest BCUT2D eigenvalue weighted by Gasteiger charge is -2.34. The van der Waals surface area contributed by atoms with Crippen molar-refractivity contribution in [2.75, 3.05) is 39.3 Å². The van der Waals surface area contributed by atoms with Gasteiger partial charge in [-0.15, -0.1) is 0 Å². The van der Waals surface area contributed by atoms with E-state index in [1.807, 2.05) is 0 Å². The zero-order valence-corrected chi connectivity index (χ0v) is 12.8. The summed E-state index contributed by atoms with van der Waals surface area (Å²) in [5.41, 5.74) is 0. The van der Waals surface area contributed by atoms with Crippen LogP contribution in [0.3, 0.4) is 0 Å². The summed E-state index contributed by atoms with van der Waals surface area (Å²) in [7, 11) is -3.22. The minimum Gasteiger partial charge on any atom is -0.315 e. The molecule has 6 heteroatoms. The molecule has 0 bridgehead atoms. The molecule has 0 spiro atoms. The fraction of sp³-hybridized carbons (Fsp3) is 1.00. The molecule has 0 aromatic heterocycles.